The standard InChI is InChI=1S/C13H14BrF2NO/c14-9-4-5-10(15)11(12(9)16)13(18)7-2-1-3-8(17)6-7/h4-5,7-8H,1-3,6,17H2. The summed E-state index contributed by atoms with van der Waals surface area (Å²) < 4.78 is 27.6. The molecule has 98 valence electrons. The van der Waals surface area contributed by atoms with Crippen LogP contribution in [0.2, 0.25) is 0 Å². The summed E-state index contributed by atoms with van der Waals surface area (Å²) in [5.41, 5.74) is 5.36. The highest BCUT2D eigenvalue weighted by Gasteiger charge is 2.30. The van der Waals surface area contributed by atoms with Crippen LogP contribution in [0.3, 0.4) is 0 Å². The molecule has 0 radical (unpaired) electrons. The zero-order valence-corrected chi connectivity index (χ0v) is 11.3. The highest BCUT2D eigenvalue weighted by molar-refractivity contribution is 9.10. The Kier molecular flexibility index (Phi) is 4.12. The number of rotatable bonds is 2. The molecular weight excluding hydrogens is 304 g/mol. The van der Waals surface area contributed by atoms with Crippen molar-refractivity contribution >= 4 is 21.7 Å². The van der Waals surface area contributed by atoms with Crippen molar-refractivity contribution in [2.75, 3.05) is 0 Å². The number of nitrogens with two attached hydrogens (primary N) is 1. The van der Waals surface area contributed by atoms with Gasteiger partial charge in [-0.25, -0.2) is 8.78 Å². The van der Waals surface area contributed by atoms with Gasteiger partial charge in [0.05, 0.1) is 10.0 Å². The Balaban J connectivity index is 2.31. The van der Waals surface area contributed by atoms with Crippen LogP contribution in [-0.2, 0) is 0 Å². The maximum absolute atomic E-state index is 13.8. The molecular formula is C13H14BrF2NO. The Morgan fingerprint density at radius 2 is 2.06 bits per heavy atom. The van der Waals surface area contributed by atoms with Crippen molar-refractivity contribution in [3.63, 3.8) is 0 Å². The smallest absolute Gasteiger partial charge is 0.171 e. The van der Waals surface area contributed by atoms with E-state index in [1.54, 1.807) is 0 Å². The van der Waals surface area contributed by atoms with E-state index in [0.29, 0.717) is 12.8 Å². The molecule has 0 aromatic heterocycles. The normalized spacial score (nSPS) is 24.0. The van der Waals surface area contributed by atoms with Gasteiger partial charge in [0.15, 0.2) is 11.6 Å². The lowest BCUT2D eigenvalue weighted by Gasteiger charge is -2.25. The molecule has 0 heterocycles. The molecule has 1 aromatic rings. The zero-order valence-electron chi connectivity index (χ0n) is 9.76. The van der Waals surface area contributed by atoms with Crippen LogP contribution in [0, 0.1) is 17.6 Å². The van der Waals surface area contributed by atoms with Crippen LogP contribution in [0.5, 0.6) is 0 Å². The first kappa shape index (κ1) is 13.6. The summed E-state index contributed by atoms with van der Waals surface area (Å²) in [5, 5.41) is 0. The third-order valence-electron chi connectivity index (χ3n) is 3.38. The van der Waals surface area contributed by atoms with Gasteiger partial charge in [0.25, 0.3) is 0 Å². The van der Waals surface area contributed by atoms with Crippen LogP contribution in [0.25, 0.3) is 0 Å². The Morgan fingerprint density at radius 1 is 1.33 bits per heavy atom. The van der Waals surface area contributed by atoms with Gasteiger partial charge in [-0.3, -0.25) is 4.79 Å². The zero-order chi connectivity index (χ0) is 13.3. The second-order valence-corrected chi connectivity index (χ2v) is 5.56. The van der Waals surface area contributed by atoms with E-state index < -0.39 is 23.0 Å². The Bertz CT molecular complexity index is 478. The van der Waals surface area contributed by atoms with Crippen LogP contribution in [0.4, 0.5) is 8.78 Å². The van der Waals surface area contributed by atoms with Gasteiger partial charge in [0.2, 0.25) is 0 Å². The lowest BCUT2D eigenvalue weighted by molar-refractivity contribution is 0.0872. The van der Waals surface area contributed by atoms with Crippen molar-refractivity contribution in [1.29, 1.82) is 0 Å². The molecule has 0 bridgehead atoms. The van der Waals surface area contributed by atoms with E-state index in [0.717, 1.165) is 18.9 Å². The van der Waals surface area contributed by atoms with Crippen molar-refractivity contribution < 1.29 is 13.6 Å². The highest BCUT2D eigenvalue weighted by atomic mass is 79.9. The summed E-state index contributed by atoms with van der Waals surface area (Å²) in [6, 6.07) is 2.31. The molecule has 1 aliphatic rings. The number of carbonyl (C=O) groups excluding carboxylic acids is 1. The van der Waals surface area contributed by atoms with Gasteiger partial charge in [0, 0.05) is 12.0 Å². The van der Waals surface area contributed by atoms with Crippen molar-refractivity contribution in [1.82, 2.24) is 0 Å². The molecule has 18 heavy (non-hydrogen) atoms. The summed E-state index contributed by atoms with van der Waals surface area (Å²) >= 11 is 2.97. The summed E-state index contributed by atoms with van der Waals surface area (Å²) in [6.45, 7) is 0. The fraction of sp³-hybridized carbons (Fsp3) is 0.462. The molecule has 2 nitrogen and oxygen atoms in total. The number of benzene rings is 1. The summed E-state index contributed by atoms with van der Waals surface area (Å²) in [4.78, 5) is 12.2. The van der Waals surface area contributed by atoms with Crippen LogP contribution >= 0.6 is 15.9 Å². The third-order valence-corrected chi connectivity index (χ3v) is 3.99. The fourth-order valence-corrected chi connectivity index (χ4v) is 2.75. The first-order valence-corrected chi connectivity index (χ1v) is 6.73. The van der Waals surface area contributed by atoms with Gasteiger partial charge < -0.3 is 5.73 Å². The minimum absolute atomic E-state index is 0.0500. The van der Waals surface area contributed by atoms with Crippen LogP contribution in [0.15, 0.2) is 16.6 Å². The topological polar surface area (TPSA) is 43.1 Å². The molecule has 2 rings (SSSR count). The SMILES string of the molecule is NC1CCCC(C(=O)c2c(F)ccc(Br)c2F)C1. The molecule has 0 saturated heterocycles. The maximum Gasteiger partial charge on any atom is 0.171 e. The van der Waals surface area contributed by atoms with Crippen molar-refractivity contribution in [3.05, 3.63) is 33.8 Å². The lowest BCUT2D eigenvalue weighted by atomic mass is 9.81. The summed E-state index contributed by atoms with van der Waals surface area (Å²) in [6.07, 6.45) is 2.85. The second-order valence-electron chi connectivity index (χ2n) is 4.71. The first-order valence-electron chi connectivity index (χ1n) is 5.94. The first-order chi connectivity index (χ1) is 8.50. The molecule has 2 N–H and O–H groups in total. The Labute approximate surface area is 113 Å². The van der Waals surface area contributed by atoms with Crippen molar-refractivity contribution in [2.45, 2.75) is 31.7 Å². The van der Waals surface area contributed by atoms with Gasteiger partial charge in [-0.05, 0) is 47.3 Å². The van der Waals surface area contributed by atoms with E-state index in [1.165, 1.54) is 6.07 Å². The average molecular weight is 318 g/mol. The highest BCUT2D eigenvalue weighted by Crippen LogP contribution is 2.30. The quantitative estimate of drug-likeness (QED) is 0.671. The number of Topliss-reactive ketones (excluding diaryl/α,β-unsaturated/α-hetero) is 1. The monoisotopic (exact) mass is 317 g/mol. The van der Waals surface area contributed by atoms with Gasteiger partial charge in [-0.1, -0.05) is 6.42 Å². The number of hydrogen-bond donors (Lipinski definition) is 1. The molecule has 1 saturated carbocycles. The molecule has 1 fully saturated rings. The van der Waals surface area contributed by atoms with Crippen molar-refractivity contribution in [3.8, 4) is 0 Å². The van der Waals surface area contributed by atoms with Gasteiger partial charge in [-0.15, -0.1) is 0 Å². The maximum atomic E-state index is 13.8. The van der Waals surface area contributed by atoms with Gasteiger partial charge in [0.1, 0.15) is 5.82 Å². The van der Waals surface area contributed by atoms with Gasteiger partial charge in [-0.2, -0.15) is 0 Å². The van der Waals surface area contributed by atoms with Crippen LogP contribution in [0.1, 0.15) is 36.0 Å². The predicted molar refractivity (Wildman–Crippen MR) is 68.3 cm³/mol. The molecule has 2 atom stereocenters. The van der Waals surface area contributed by atoms with Crippen LogP contribution < -0.4 is 5.73 Å². The molecule has 2 unspecified atom stereocenters. The number of carbonyl (C=O) groups is 1. The minimum Gasteiger partial charge on any atom is -0.328 e. The Hall–Kier alpha value is -0.810. The molecule has 1 aromatic carbocycles. The largest absolute Gasteiger partial charge is 0.328 e. The minimum atomic E-state index is -0.820. The molecule has 0 amide bonds. The third kappa shape index (κ3) is 2.62. The fourth-order valence-electron chi connectivity index (χ4n) is 2.42. The van der Waals surface area contributed by atoms with E-state index >= 15 is 0 Å². The number of halogens is 3. The van der Waals surface area contributed by atoms with E-state index in [1.807, 2.05) is 0 Å². The predicted octanol–water partition coefficient (Wildman–Crippen LogP) is 3.43. The van der Waals surface area contributed by atoms with E-state index in [2.05, 4.69) is 15.9 Å². The molecule has 5 heteroatoms. The van der Waals surface area contributed by atoms with Gasteiger partial charge >= 0.3 is 0 Å². The molecule has 0 spiro atoms. The summed E-state index contributed by atoms with van der Waals surface area (Å²) in [7, 11) is 0. The summed E-state index contributed by atoms with van der Waals surface area (Å²) in [5.74, 6) is -2.47. The number of ketones is 1. The van der Waals surface area contributed by atoms with Crippen LogP contribution in [-0.4, -0.2) is 11.8 Å². The average Bonchev–Trinajstić information content (AvgIpc) is 2.34. The molecule has 1 aliphatic carbocycles. The lowest BCUT2D eigenvalue weighted by Crippen LogP contribution is -2.32. The van der Waals surface area contributed by atoms with E-state index in [-0.39, 0.29) is 16.4 Å². The number of hydrogen-bond acceptors (Lipinski definition) is 2. The van der Waals surface area contributed by atoms with E-state index in [9.17, 15) is 13.6 Å². The second kappa shape index (κ2) is 5.45. The van der Waals surface area contributed by atoms with Crippen molar-refractivity contribution in [2.24, 2.45) is 11.7 Å². The Morgan fingerprint density at radius 3 is 2.72 bits per heavy atom. The van der Waals surface area contributed by atoms with E-state index in [4.69, 9.17) is 5.73 Å². The molecule has 0 aliphatic heterocycles.